The molecule has 5 nitrogen and oxygen atoms in total. The van der Waals surface area contributed by atoms with Gasteiger partial charge >= 0.3 is 0 Å². The molecule has 0 spiro atoms. The second-order valence-corrected chi connectivity index (χ2v) is 7.24. The summed E-state index contributed by atoms with van der Waals surface area (Å²) < 4.78 is 59.5. The van der Waals surface area contributed by atoms with Crippen molar-refractivity contribution in [2.75, 3.05) is 29.8 Å². The Kier molecular flexibility index (Phi) is 4.08. The Morgan fingerprint density at radius 2 is 1.96 bits per heavy atom. The summed E-state index contributed by atoms with van der Waals surface area (Å²) in [4.78, 5) is 1.95. The van der Waals surface area contributed by atoms with Crippen LogP contribution in [-0.4, -0.2) is 28.6 Å². The Bertz CT molecular complexity index is 900. The molecule has 0 fully saturated rings. The van der Waals surface area contributed by atoms with Gasteiger partial charge in [0.25, 0.3) is 10.0 Å². The summed E-state index contributed by atoms with van der Waals surface area (Å²) in [6, 6.07) is 5.78. The van der Waals surface area contributed by atoms with Crippen molar-refractivity contribution in [3.63, 3.8) is 0 Å². The van der Waals surface area contributed by atoms with Gasteiger partial charge < -0.3 is 9.64 Å². The zero-order valence-electron chi connectivity index (χ0n) is 13.1. The molecule has 1 aliphatic rings. The molecule has 1 aliphatic heterocycles. The summed E-state index contributed by atoms with van der Waals surface area (Å²) in [6.45, 7) is 2.81. The van der Waals surface area contributed by atoms with Crippen LogP contribution in [0.1, 0.15) is 5.56 Å². The lowest BCUT2D eigenvalue weighted by atomic mass is 10.2. The molecular formula is C16H16F2N2O3S. The van der Waals surface area contributed by atoms with Gasteiger partial charge in [0.1, 0.15) is 24.0 Å². The monoisotopic (exact) mass is 354 g/mol. The maximum absolute atomic E-state index is 13.7. The Morgan fingerprint density at radius 1 is 1.21 bits per heavy atom. The highest BCUT2D eigenvalue weighted by molar-refractivity contribution is 7.92. The van der Waals surface area contributed by atoms with Gasteiger partial charge in [-0.05, 0) is 30.7 Å². The second kappa shape index (κ2) is 5.94. The van der Waals surface area contributed by atoms with E-state index in [1.807, 2.05) is 11.9 Å². The van der Waals surface area contributed by atoms with Gasteiger partial charge in [0.05, 0.1) is 22.8 Å². The first-order chi connectivity index (χ1) is 11.3. The molecular weight excluding hydrogens is 338 g/mol. The van der Waals surface area contributed by atoms with Gasteiger partial charge in [-0.25, -0.2) is 17.2 Å². The number of halogens is 2. The average Bonchev–Trinajstić information content (AvgIpc) is 2.50. The highest BCUT2D eigenvalue weighted by Gasteiger charge is 2.24. The molecule has 0 radical (unpaired) electrons. The molecule has 0 saturated heterocycles. The fraction of sp³-hybridized carbons (Fsp3) is 0.250. The number of likely N-dealkylation sites (N-methyl/N-ethyl adjacent to an activating group) is 1. The molecule has 0 unspecified atom stereocenters. The molecule has 128 valence electrons. The summed E-state index contributed by atoms with van der Waals surface area (Å²) >= 11 is 0. The van der Waals surface area contributed by atoms with Crippen molar-refractivity contribution >= 4 is 21.4 Å². The molecule has 1 heterocycles. The molecule has 2 aromatic rings. The lowest BCUT2D eigenvalue weighted by molar-refractivity contribution is 0.310. The third-order valence-corrected chi connectivity index (χ3v) is 5.32. The van der Waals surface area contributed by atoms with Gasteiger partial charge in [-0.1, -0.05) is 0 Å². The van der Waals surface area contributed by atoms with E-state index in [-0.39, 0.29) is 10.6 Å². The first-order valence-electron chi connectivity index (χ1n) is 7.24. The summed E-state index contributed by atoms with van der Waals surface area (Å²) in [6.07, 6.45) is 0. The smallest absolute Gasteiger partial charge is 0.262 e. The van der Waals surface area contributed by atoms with Crippen LogP contribution < -0.4 is 14.4 Å². The molecule has 0 atom stereocenters. The number of nitrogens with zero attached hydrogens (tertiary/aromatic N) is 1. The van der Waals surface area contributed by atoms with Gasteiger partial charge in [0.2, 0.25) is 0 Å². The van der Waals surface area contributed by atoms with Crippen molar-refractivity contribution in [1.29, 1.82) is 0 Å². The van der Waals surface area contributed by atoms with E-state index in [1.165, 1.54) is 6.07 Å². The van der Waals surface area contributed by atoms with Crippen LogP contribution in [-0.2, 0) is 10.0 Å². The Balaban J connectivity index is 2.01. The van der Waals surface area contributed by atoms with Gasteiger partial charge in [-0.3, -0.25) is 4.72 Å². The maximum atomic E-state index is 13.7. The summed E-state index contributed by atoms with van der Waals surface area (Å²) in [5.41, 5.74) is 0.985. The number of anilines is 2. The quantitative estimate of drug-likeness (QED) is 0.921. The van der Waals surface area contributed by atoms with E-state index in [0.29, 0.717) is 30.5 Å². The number of sulfonamides is 1. The standard InChI is InChI=1S/C16H16F2N2O3S/c1-10-7-14-15(23-6-5-20(14)2)9-16(10)24(21,22)19-13-4-3-11(17)8-12(13)18/h3-4,7-9,19H,5-6H2,1-2H3. The van der Waals surface area contributed by atoms with E-state index in [9.17, 15) is 17.2 Å². The fourth-order valence-corrected chi connectivity index (χ4v) is 3.85. The Hall–Kier alpha value is -2.35. The molecule has 1 N–H and O–H groups in total. The van der Waals surface area contributed by atoms with E-state index in [0.717, 1.165) is 17.8 Å². The minimum absolute atomic E-state index is 0.0136. The van der Waals surface area contributed by atoms with E-state index >= 15 is 0 Å². The van der Waals surface area contributed by atoms with E-state index in [4.69, 9.17) is 4.74 Å². The van der Waals surface area contributed by atoms with Crippen LogP contribution in [0, 0.1) is 18.6 Å². The molecule has 0 bridgehead atoms. The maximum Gasteiger partial charge on any atom is 0.262 e. The third-order valence-electron chi connectivity index (χ3n) is 3.82. The lowest BCUT2D eigenvalue weighted by Crippen LogP contribution is -2.29. The first-order valence-corrected chi connectivity index (χ1v) is 8.73. The summed E-state index contributed by atoms with van der Waals surface area (Å²) in [5, 5.41) is 0. The van der Waals surface area contributed by atoms with E-state index < -0.39 is 21.7 Å². The van der Waals surface area contributed by atoms with Crippen LogP contribution in [0.5, 0.6) is 5.75 Å². The molecule has 0 aromatic heterocycles. The van der Waals surface area contributed by atoms with E-state index in [1.54, 1.807) is 13.0 Å². The number of hydrogen-bond acceptors (Lipinski definition) is 4. The lowest BCUT2D eigenvalue weighted by Gasteiger charge is -2.28. The number of aryl methyl sites for hydroxylation is 1. The summed E-state index contributed by atoms with van der Waals surface area (Å²) in [5.74, 6) is -1.31. The highest BCUT2D eigenvalue weighted by Crippen LogP contribution is 2.35. The van der Waals surface area contributed by atoms with Crippen LogP contribution in [0.15, 0.2) is 35.2 Å². The Labute approximate surface area is 138 Å². The zero-order chi connectivity index (χ0) is 17.5. The molecule has 2 aromatic carbocycles. The van der Waals surface area contributed by atoms with Crippen molar-refractivity contribution in [3.05, 3.63) is 47.5 Å². The largest absolute Gasteiger partial charge is 0.490 e. The molecule has 0 amide bonds. The molecule has 0 saturated carbocycles. The molecule has 8 heteroatoms. The highest BCUT2D eigenvalue weighted by atomic mass is 32.2. The van der Waals surface area contributed by atoms with Crippen molar-refractivity contribution in [2.45, 2.75) is 11.8 Å². The van der Waals surface area contributed by atoms with Gasteiger partial charge in [-0.15, -0.1) is 0 Å². The van der Waals surface area contributed by atoms with E-state index in [2.05, 4.69) is 4.72 Å². The molecule has 24 heavy (non-hydrogen) atoms. The van der Waals surface area contributed by atoms with Crippen LogP contribution in [0.3, 0.4) is 0 Å². The van der Waals surface area contributed by atoms with Crippen molar-refractivity contribution < 1.29 is 21.9 Å². The predicted molar refractivity (Wildman–Crippen MR) is 87.1 cm³/mol. The van der Waals surface area contributed by atoms with Crippen LogP contribution in [0.25, 0.3) is 0 Å². The van der Waals surface area contributed by atoms with Crippen molar-refractivity contribution in [2.24, 2.45) is 0 Å². The van der Waals surface area contributed by atoms with Crippen molar-refractivity contribution in [3.8, 4) is 5.75 Å². The second-order valence-electron chi connectivity index (χ2n) is 5.59. The number of nitrogens with one attached hydrogen (secondary N) is 1. The third kappa shape index (κ3) is 3.01. The average molecular weight is 354 g/mol. The van der Waals surface area contributed by atoms with Gasteiger partial charge in [0.15, 0.2) is 0 Å². The first kappa shape index (κ1) is 16.5. The number of hydrogen-bond donors (Lipinski definition) is 1. The molecule has 3 rings (SSSR count). The van der Waals surface area contributed by atoms with Crippen LogP contribution in [0.4, 0.5) is 20.2 Å². The normalized spacial score (nSPS) is 14.1. The zero-order valence-corrected chi connectivity index (χ0v) is 14.0. The number of fused-ring (bicyclic) bond motifs is 1. The van der Waals surface area contributed by atoms with Crippen molar-refractivity contribution in [1.82, 2.24) is 0 Å². The minimum Gasteiger partial charge on any atom is -0.490 e. The molecule has 0 aliphatic carbocycles. The van der Waals surface area contributed by atoms with Gasteiger partial charge in [0, 0.05) is 19.2 Å². The van der Waals surface area contributed by atoms with Crippen LogP contribution in [0.2, 0.25) is 0 Å². The SMILES string of the molecule is Cc1cc2c(cc1S(=O)(=O)Nc1ccc(F)cc1F)OCCN2C. The van der Waals surface area contributed by atoms with Gasteiger partial charge in [-0.2, -0.15) is 0 Å². The number of rotatable bonds is 3. The number of ether oxygens (including phenoxy) is 1. The summed E-state index contributed by atoms with van der Waals surface area (Å²) in [7, 11) is -2.15. The fourth-order valence-electron chi connectivity index (χ4n) is 2.54. The Morgan fingerprint density at radius 3 is 2.67 bits per heavy atom. The predicted octanol–water partition coefficient (Wildman–Crippen LogP) is 2.90. The minimum atomic E-state index is -4.04. The number of benzene rings is 2. The topological polar surface area (TPSA) is 58.6 Å². The van der Waals surface area contributed by atoms with Crippen LogP contribution >= 0.6 is 0 Å².